The molecule has 0 aliphatic carbocycles. The quantitative estimate of drug-likeness (QED) is 0.482. The first-order valence-electron chi connectivity index (χ1n) is 9.17. The Kier molecular flexibility index (Phi) is 5.06. The lowest BCUT2D eigenvalue weighted by molar-refractivity contribution is 0.0700. The molecule has 4 rings (SSSR count). The fourth-order valence-corrected chi connectivity index (χ4v) is 3.45. The van der Waals surface area contributed by atoms with Gasteiger partial charge in [0.2, 0.25) is 0 Å². The number of carboxylic acids is 1. The predicted octanol–water partition coefficient (Wildman–Crippen LogP) is 5.42. The molecule has 0 fully saturated rings. The number of pyridine rings is 1. The minimum Gasteiger partial charge on any atom is -0.497 e. The van der Waals surface area contributed by atoms with E-state index in [0.717, 1.165) is 5.56 Å². The smallest absolute Gasteiger partial charge is 0.337 e. The second-order valence-electron chi connectivity index (χ2n) is 6.63. The average molecular weight is 403 g/mol. The third-order valence-electron chi connectivity index (χ3n) is 4.90. The first-order valence-corrected chi connectivity index (χ1v) is 9.17. The van der Waals surface area contributed by atoms with Crippen LogP contribution in [0.2, 0.25) is 0 Å². The van der Waals surface area contributed by atoms with E-state index < -0.39 is 11.8 Å². The van der Waals surface area contributed by atoms with Crippen LogP contribution in [0.15, 0.2) is 66.7 Å². The molecule has 0 spiro atoms. The molecule has 0 amide bonds. The van der Waals surface area contributed by atoms with Crippen molar-refractivity contribution in [1.29, 1.82) is 0 Å². The second-order valence-corrected chi connectivity index (χ2v) is 6.63. The number of fused-ring (bicyclic) bond motifs is 1. The Balaban J connectivity index is 2.09. The van der Waals surface area contributed by atoms with E-state index in [1.165, 1.54) is 18.2 Å². The SMILES string of the molecule is COc1ccc(-c2nc3ccc(F)cc3c(C(=O)O)c2-c2ccc(OC)cc2)cc1. The number of benzene rings is 3. The molecule has 0 aliphatic rings. The maximum Gasteiger partial charge on any atom is 0.337 e. The van der Waals surface area contributed by atoms with Crippen LogP contribution in [-0.2, 0) is 0 Å². The number of aromatic carboxylic acids is 1. The van der Waals surface area contributed by atoms with Crippen molar-refractivity contribution >= 4 is 16.9 Å². The zero-order valence-corrected chi connectivity index (χ0v) is 16.3. The van der Waals surface area contributed by atoms with Crippen molar-refractivity contribution in [2.75, 3.05) is 14.2 Å². The summed E-state index contributed by atoms with van der Waals surface area (Å²) in [5.41, 5.74) is 2.65. The van der Waals surface area contributed by atoms with Crippen LogP contribution in [0, 0.1) is 5.82 Å². The van der Waals surface area contributed by atoms with Crippen LogP contribution in [0.5, 0.6) is 11.5 Å². The third-order valence-corrected chi connectivity index (χ3v) is 4.90. The average Bonchev–Trinajstić information content (AvgIpc) is 2.77. The molecule has 1 heterocycles. The lowest BCUT2D eigenvalue weighted by Crippen LogP contribution is -2.05. The van der Waals surface area contributed by atoms with Gasteiger partial charge in [-0.2, -0.15) is 0 Å². The summed E-state index contributed by atoms with van der Waals surface area (Å²) in [5, 5.41) is 10.3. The molecule has 0 radical (unpaired) electrons. The number of nitrogens with zero attached hydrogens (tertiary/aromatic N) is 1. The minimum absolute atomic E-state index is 0.00418. The summed E-state index contributed by atoms with van der Waals surface area (Å²) in [6.45, 7) is 0. The van der Waals surface area contributed by atoms with Gasteiger partial charge in [-0.25, -0.2) is 14.2 Å². The van der Waals surface area contributed by atoms with Crippen molar-refractivity contribution in [3.8, 4) is 33.9 Å². The number of carboxylic acid groups (broad SMARTS) is 1. The highest BCUT2D eigenvalue weighted by Crippen LogP contribution is 2.38. The van der Waals surface area contributed by atoms with E-state index in [1.54, 1.807) is 50.6 Å². The zero-order valence-electron chi connectivity index (χ0n) is 16.3. The Hall–Kier alpha value is -3.93. The number of ether oxygens (including phenoxy) is 2. The molecular weight excluding hydrogens is 385 g/mol. The van der Waals surface area contributed by atoms with Crippen molar-refractivity contribution in [2.24, 2.45) is 0 Å². The Morgan fingerprint density at radius 3 is 1.97 bits per heavy atom. The molecule has 0 aliphatic heterocycles. The van der Waals surface area contributed by atoms with Crippen LogP contribution >= 0.6 is 0 Å². The highest BCUT2D eigenvalue weighted by atomic mass is 19.1. The monoisotopic (exact) mass is 403 g/mol. The van der Waals surface area contributed by atoms with Gasteiger partial charge in [0.1, 0.15) is 17.3 Å². The van der Waals surface area contributed by atoms with E-state index in [4.69, 9.17) is 14.5 Å². The Morgan fingerprint density at radius 2 is 1.43 bits per heavy atom. The lowest BCUT2D eigenvalue weighted by Gasteiger charge is -2.16. The van der Waals surface area contributed by atoms with Crippen LogP contribution in [0.1, 0.15) is 10.4 Å². The summed E-state index contributed by atoms with van der Waals surface area (Å²) in [4.78, 5) is 17.0. The van der Waals surface area contributed by atoms with Gasteiger partial charge in [0, 0.05) is 16.5 Å². The van der Waals surface area contributed by atoms with E-state index in [9.17, 15) is 14.3 Å². The number of rotatable bonds is 5. The summed E-state index contributed by atoms with van der Waals surface area (Å²) < 4.78 is 24.4. The summed E-state index contributed by atoms with van der Waals surface area (Å²) in [7, 11) is 3.13. The molecule has 0 saturated carbocycles. The molecule has 4 aromatic rings. The van der Waals surface area contributed by atoms with Crippen molar-refractivity contribution in [3.05, 3.63) is 78.1 Å². The summed E-state index contributed by atoms with van der Waals surface area (Å²) in [5.74, 6) is -0.370. The molecule has 0 bridgehead atoms. The first-order chi connectivity index (χ1) is 14.5. The van der Waals surface area contributed by atoms with E-state index in [0.29, 0.717) is 33.8 Å². The normalized spacial score (nSPS) is 10.8. The fraction of sp³-hybridized carbons (Fsp3) is 0.0833. The number of aromatic nitrogens is 1. The number of methoxy groups -OCH3 is 2. The molecule has 0 saturated heterocycles. The van der Waals surface area contributed by atoms with Gasteiger partial charge in [0.25, 0.3) is 0 Å². The molecule has 30 heavy (non-hydrogen) atoms. The minimum atomic E-state index is -1.16. The molecule has 0 atom stereocenters. The lowest BCUT2D eigenvalue weighted by atomic mass is 9.91. The van der Waals surface area contributed by atoms with Crippen LogP contribution in [0.25, 0.3) is 33.3 Å². The molecule has 0 unspecified atom stereocenters. The fourth-order valence-electron chi connectivity index (χ4n) is 3.45. The number of halogens is 1. The Bertz CT molecular complexity index is 1240. The van der Waals surface area contributed by atoms with Gasteiger partial charge in [-0.3, -0.25) is 0 Å². The molecule has 1 N–H and O–H groups in total. The van der Waals surface area contributed by atoms with E-state index in [-0.39, 0.29) is 10.9 Å². The van der Waals surface area contributed by atoms with Gasteiger partial charge in [-0.1, -0.05) is 12.1 Å². The highest BCUT2D eigenvalue weighted by molar-refractivity contribution is 6.11. The third kappa shape index (κ3) is 3.43. The predicted molar refractivity (Wildman–Crippen MR) is 113 cm³/mol. The standard InChI is InChI=1S/C24H18FNO4/c1-29-17-8-3-14(4-9-17)21-22(24(27)28)19-13-16(25)7-12-20(19)26-23(21)15-5-10-18(30-2)11-6-15/h3-13H,1-2H3,(H,27,28). The van der Waals surface area contributed by atoms with Gasteiger partial charge in [0.15, 0.2) is 0 Å². The summed E-state index contributed by atoms with van der Waals surface area (Å²) in [6, 6.07) is 18.2. The zero-order chi connectivity index (χ0) is 21.3. The van der Waals surface area contributed by atoms with E-state index >= 15 is 0 Å². The maximum absolute atomic E-state index is 14.0. The van der Waals surface area contributed by atoms with Crippen molar-refractivity contribution in [3.63, 3.8) is 0 Å². The molecule has 5 nitrogen and oxygen atoms in total. The summed E-state index contributed by atoms with van der Waals surface area (Å²) >= 11 is 0. The number of carbonyl (C=O) groups is 1. The van der Waals surface area contributed by atoms with Gasteiger partial charge in [-0.05, 0) is 60.2 Å². The Morgan fingerprint density at radius 1 is 0.867 bits per heavy atom. The van der Waals surface area contributed by atoms with Crippen molar-refractivity contribution in [2.45, 2.75) is 0 Å². The molecule has 6 heteroatoms. The van der Waals surface area contributed by atoms with E-state index in [2.05, 4.69) is 0 Å². The van der Waals surface area contributed by atoms with Crippen molar-refractivity contribution in [1.82, 2.24) is 4.98 Å². The maximum atomic E-state index is 14.0. The van der Waals surface area contributed by atoms with Gasteiger partial charge < -0.3 is 14.6 Å². The van der Waals surface area contributed by atoms with Crippen LogP contribution in [0.4, 0.5) is 4.39 Å². The van der Waals surface area contributed by atoms with Crippen LogP contribution in [0.3, 0.4) is 0 Å². The number of hydrogen-bond acceptors (Lipinski definition) is 4. The molecule has 1 aromatic heterocycles. The van der Waals surface area contributed by atoms with Crippen molar-refractivity contribution < 1.29 is 23.8 Å². The molecule has 150 valence electrons. The first kappa shape index (κ1) is 19.4. The van der Waals surface area contributed by atoms with Gasteiger partial charge >= 0.3 is 5.97 Å². The molecular formula is C24H18FNO4. The van der Waals surface area contributed by atoms with Gasteiger partial charge in [0.05, 0.1) is 31.0 Å². The molecule has 3 aromatic carbocycles. The second kappa shape index (κ2) is 7.83. The largest absolute Gasteiger partial charge is 0.497 e. The number of hydrogen-bond donors (Lipinski definition) is 1. The highest BCUT2D eigenvalue weighted by Gasteiger charge is 2.23. The van der Waals surface area contributed by atoms with Crippen LogP contribution < -0.4 is 9.47 Å². The van der Waals surface area contributed by atoms with Gasteiger partial charge in [-0.15, -0.1) is 0 Å². The topological polar surface area (TPSA) is 68.7 Å². The summed E-state index contributed by atoms with van der Waals surface area (Å²) in [6.07, 6.45) is 0. The van der Waals surface area contributed by atoms with E-state index in [1.807, 2.05) is 12.1 Å². The van der Waals surface area contributed by atoms with Crippen LogP contribution in [-0.4, -0.2) is 30.3 Å². The Labute approximate surface area is 172 Å².